The Morgan fingerprint density at radius 2 is 1.67 bits per heavy atom. The molecule has 0 aromatic heterocycles. The van der Waals surface area contributed by atoms with Gasteiger partial charge in [0.05, 0.1) is 18.2 Å². The maximum Gasteiger partial charge on any atom is 0.408 e. The molecule has 4 atom stereocenters. The summed E-state index contributed by atoms with van der Waals surface area (Å²) in [6.07, 6.45) is 1.02. The van der Waals surface area contributed by atoms with Gasteiger partial charge in [-0.05, 0) is 75.4 Å². The van der Waals surface area contributed by atoms with E-state index in [0.29, 0.717) is 43.5 Å². The number of hydrogen-bond acceptors (Lipinski definition) is 6. The van der Waals surface area contributed by atoms with Crippen molar-refractivity contribution in [3.05, 3.63) is 71.3 Å². The van der Waals surface area contributed by atoms with Crippen LogP contribution in [0.5, 0.6) is 0 Å². The molecule has 2 aromatic carbocycles. The molecule has 0 spiro atoms. The third kappa shape index (κ3) is 6.09. The predicted octanol–water partition coefficient (Wildman–Crippen LogP) is 3.75. The van der Waals surface area contributed by atoms with Crippen molar-refractivity contribution in [2.75, 3.05) is 19.6 Å². The maximum atomic E-state index is 13.9. The van der Waals surface area contributed by atoms with Crippen molar-refractivity contribution in [1.82, 2.24) is 20.0 Å². The van der Waals surface area contributed by atoms with Crippen molar-refractivity contribution < 1.29 is 27.9 Å². The summed E-state index contributed by atoms with van der Waals surface area (Å²) >= 11 is 0. The summed E-state index contributed by atoms with van der Waals surface area (Å²) in [5, 5.41) is 12.2. The summed E-state index contributed by atoms with van der Waals surface area (Å²) in [6.45, 7) is 6.10. The maximum absolute atomic E-state index is 13.9. The van der Waals surface area contributed by atoms with Gasteiger partial charge in [0.2, 0.25) is 11.8 Å². The molecule has 11 heteroatoms. The van der Waals surface area contributed by atoms with Crippen LogP contribution >= 0.6 is 0 Å². The third-order valence-electron chi connectivity index (χ3n) is 8.06. The molecular weight excluding hydrogens is 544 g/mol. The van der Waals surface area contributed by atoms with Crippen LogP contribution in [0.3, 0.4) is 0 Å². The van der Waals surface area contributed by atoms with E-state index in [-0.39, 0.29) is 24.4 Å². The molecule has 222 valence electrons. The summed E-state index contributed by atoms with van der Waals surface area (Å²) in [5.41, 5.74) is 0.623. The van der Waals surface area contributed by atoms with Crippen molar-refractivity contribution in [3.8, 4) is 6.07 Å². The zero-order valence-corrected chi connectivity index (χ0v) is 23.9. The topological polar surface area (TPSA) is 106 Å². The number of benzene rings is 2. The minimum atomic E-state index is -1.01. The number of alkyl carbamates (subject to hydrolysis) is 1. The van der Waals surface area contributed by atoms with Crippen molar-refractivity contribution in [3.63, 3.8) is 0 Å². The molecule has 42 heavy (non-hydrogen) atoms. The molecule has 0 aliphatic carbocycles. The second kappa shape index (κ2) is 11.7. The predicted molar refractivity (Wildman–Crippen MR) is 149 cm³/mol. The van der Waals surface area contributed by atoms with E-state index in [1.54, 1.807) is 49.9 Å². The molecule has 3 saturated heterocycles. The van der Waals surface area contributed by atoms with E-state index in [4.69, 9.17) is 4.74 Å². The Bertz CT molecular complexity index is 1330. The zero-order valence-electron chi connectivity index (χ0n) is 23.9. The summed E-state index contributed by atoms with van der Waals surface area (Å²) in [4.78, 5) is 45.4. The van der Waals surface area contributed by atoms with Gasteiger partial charge in [-0.3, -0.25) is 14.5 Å². The highest BCUT2D eigenvalue weighted by molar-refractivity contribution is 5.88. The number of carbonyl (C=O) groups is 3. The van der Waals surface area contributed by atoms with Crippen molar-refractivity contribution in [1.29, 1.82) is 5.26 Å². The van der Waals surface area contributed by atoms with Gasteiger partial charge in [-0.2, -0.15) is 5.26 Å². The minimum Gasteiger partial charge on any atom is -0.444 e. The van der Waals surface area contributed by atoms with Gasteiger partial charge < -0.3 is 19.9 Å². The number of hydrogen-bond donors (Lipinski definition) is 1. The second-order valence-corrected chi connectivity index (χ2v) is 12.1. The Labute approximate surface area is 244 Å². The number of nitriles is 1. The lowest BCUT2D eigenvalue weighted by atomic mass is 9.95. The molecule has 1 N–H and O–H groups in total. The van der Waals surface area contributed by atoms with Gasteiger partial charge in [-0.1, -0.05) is 24.3 Å². The average Bonchev–Trinajstić information content (AvgIpc) is 3.65. The van der Waals surface area contributed by atoms with E-state index >= 15 is 0 Å². The average molecular weight is 580 g/mol. The summed E-state index contributed by atoms with van der Waals surface area (Å²) in [7, 11) is 0. The number of piperazine rings is 1. The molecule has 5 rings (SSSR count). The third-order valence-corrected chi connectivity index (χ3v) is 8.06. The van der Waals surface area contributed by atoms with E-state index in [1.807, 2.05) is 4.90 Å². The number of ether oxygens (including phenoxy) is 1. The highest BCUT2D eigenvalue weighted by atomic mass is 19.1. The number of fused-ring (bicyclic) bond motifs is 2. The van der Waals surface area contributed by atoms with E-state index in [1.165, 1.54) is 29.2 Å². The fourth-order valence-electron chi connectivity index (χ4n) is 6.27. The first-order valence-electron chi connectivity index (χ1n) is 14.2. The number of likely N-dealkylation sites (tertiary alicyclic amines) is 3. The Hall–Kier alpha value is -4.04. The van der Waals surface area contributed by atoms with Gasteiger partial charge in [-0.15, -0.1) is 0 Å². The van der Waals surface area contributed by atoms with Gasteiger partial charge in [0.25, 0.3) is 0 Å². The van der Waals surface area contributed by atoms with Crippen LogP contribution in [0, 0.1) is 23.0 Å². The smallest absolute Gasteiger partial charge is 0.408 e. The molecule has 2 aromatic rings. The number of carbonyl (C=O) groups excluding carboxylic acids is 3. The molecule has 9 nitrogen and oxygen atoms in total. The first-order valence-corrected chi connectivity index (χ1v) is 14.2. The monoisotopic (exact) mass is 579 g/mol. The number of halogens is 2. The van der Waals surface area contributed by atoms with Gasteiger partial charge >= 0.3 is 6.09 Å². The highest BCUT2D eigenvalue weighted by Gasteiger charge is 2.53. The highest BCUT2D eigenvalue weighted by Crippen LogP contribution is 2.41. The number of rotatable bonds is 7. The van der Waals surface area contributed by atoms with E-state index < -0.39 is 47.5 Å². The number of amides is 3. The second-order valence-electron chi connectivity index (χ2n) is 12.1. The van der Waals surface area contributed by atoms with E-state index in [0.717, 1.165) is 0 Å². The van der Waals surface area contributed by atoms with Crippen LogP contribution < -0.4 is 5.32 Å². The fraction of sp³-hybridized carbons (Fsp3) is 0.484. The molecule has 3 heterocycles. The Balaban J connectivity index is 1.38. The molecule has 3 aliphatic heterocycles. The summed E-state index contributed by atoms with van der Waals surface area (Å²) in [6, 6.07) is 11.1. The van der Waals surface area contributed by atoms with Crippen LogP contribution in [0.1, 0.15) is 57.2 Å². The first kappa shape index (κ1) is 29.5. The molecule has 3 unspecified atom stereocenters. The summed E-state index contributed by atoms with van der Waals surface area (Å²) in [5.74, 6) is -1.35. The number of nitrogens with one attached hydrogen (secondary N) is 1. The van der Waals surface area contributed by atoms with Gasteiger partial charge in [0.1, 0.15) is 29.3 Å². The molecule has 3 aliphatic rings. The Kier molecular flexibility index (Phi) is 8.19. The molecular formula is C31H35F2N5O4. The van der Waals surface area contributed by atoms with Crippen molar-refractivity contribution in [2.24, 2.45) is 0 Å². The van der Waals surface area contributed by atoms with Gasteiger partial charge in [0, 0.05) is 25.7 Å². The summed E-state index contributed by atoms with van der Waals surface area (Å²) < 4.78 is 32.9. The van der Waals surface area contributed by atoms with E-state index in [9.17, 15) is 28.4 Å². The van der Waals surface area contributed by atoms with Gasteiger partial charge in [0.15, 0.2) is 0 Å². The Morgan fingerprint density at radius 3 is 2.19 bits per heavy atom. The molecule has 0 radical (unpaired) electrons. The standard InChI is InChI=1S/C31H35F2N5O4/c1-31(2,3)42-30(41)35-25(28(39)37-14-4-5-23(37)16-34)18-36-17-24-15-26(36)29(40)38(24)27(19-6-10-21(32)11-7-19)20-8-12-22(33)13-9-20/h6-13,23-27H,4-5,14-15,17-18H2,1-3H3,(H,35,41)/t23?,24-,25?,26?/m0/s1. The largest absolute Gasteiger partial charge is 0.444 e. The van der Waals surface area contributed by atoms with Crippen LogP contribution in [0.4, 0.5) is 13.6 Å². The van der Waals surface area contributed by atoms with Crippen molar-refractivity contribution in [2.45, 2.75) is 75.8 Å². The lowest BCUT2D eigenvalue weighted by Crippen LogP contribution is -2.59. The Morgan fingerprint density at radius 1 is 1.07 bits per heavy atom. The van der Waals surface area contributed by atoms with Crippen LogP contribution in [0.2, 0.25) is 0 Å². The normalized spacial score (nSPS) is 22.9. The zero-order chi connectivity index (χ0) is 30.2. The number of nitrogens with zero attached hydrogens (tertiary/aromatic N) is 4. The van der Waals surface area contributed by atoms with E-state index in [2.05, 4.69) is 11.4 Å². The fourth-order valence-corrected chi connectivity index (χ4v) is 6.27. The van der Waals surface area contributed by atoms with Crippen LogP contribution in [-0.4, -0.2) is 82.0 Å². The molecule has 0 saturated carbocycles. The molecule has 3 fully saturated rings. The SMILES string of the molecule is CC(C)(C)OC(=O)NC(CN1C[C@@H]2CC1C(=O)N2C(c1ccc(F)cc1)c1ccc(F)cc1)C(=O)N1CCCC1C#N. The van der Waals surface area contributed by atoms with Crippen LogP contribution in [0.15, 0.2) is 48.5 Å². The quantitative estimate of drug-likeness (QED) is 0.536. The molecule has 3 amide bonds. The van der Waals surface area contributed by atoms with Crippen molar-refractivity contribution >= 4 is 17.9 Å². The molecule has 2 bridgehead atoms. The lowest BCUT2D eigenvalue weighted by Gasteiger charge is -2.40. The minimum absolute atomic E-state index is 0.0746. The van der Waals surface area contributed by atoms with Crippen LogP contribution in [0.25, 0.3) is 0 Å². The van der Waals surface area contributed by atoms with Crippen LogP contribution in [-0.2, 0) is 14.3 Å². The first-order chi connectivity index (χ1) is 19.9. The van der Waals surface area contributed by atoms with Gasteiger partial charge in [-0.25, -0.2) is 13.6 Å². The lowest BCUT2D eigenvalue weighted by molar-refractivity contribution is -0.140.